The smallest absolute Gasteiger partial charge is 0.333 e. The van der Waals surface area contributed by atoms with E-state index in [9.17, 15) is 65.1 Å². The summed E-state index contributed by atoms with van der Waals surface area (Å²) in [5.41, 5.74) is 0. The van der Waals surface area contributed by atoms with Crippen LogP contribution in [0.3, 0.4) is 0 Å². The number of aliphatic hydroxyl groups is 9. The fourth-order valence-corrected chi connectivity index (χ4v) is 6.07. The molecule has 22 heteroatoms. The molecule has 4 fully saturated rings. The second-order valence-corrected chi connectivity index (χ2v) is 13.0. The summed E-state index contributed by atoms with van der Waals surface area (Å²) in [7, 11) is 0. The van der Waals surface area contributed by atoms with Crippen molar-refractivity contribution in [3.63, 3.8) is 0 Å². The molecular weight excluding hydrogens is 720 g/mol. The topological polar surface area (TPSA) is 330 Å². The van der Waals surface area contributed by atoms with E-state index in [1.807, 2.05) is 0 Å². The van der Waals surface area contributed by atoms with Gasteiger partial charge in [-0.1, -0.05) is 0 Å². The molecule has 0 aromatic rings. The van der Waals surface area contributed by atoms with Crippen LogP contribution in [-0.4, -0.2) is 194 Å². The molecule has 0 bridgehead atoms. The quantitative estimate of drug-likeness (QED) is 0.0458. The third-order valence-corrected chi connectivity index (χ3v) is 9.09. The summed E-state index contributed by atoms with van der Waals surface area (Å²) in [4.78, 5) is 52.1. The van der Waals surface area contributed by atoms with Gasteiger partial charge in [-0.3, -0.25) is 14.4 Å². The molecule has 3 amide bonds. The molecule has 304 valence electrons. The Morgan fingerprint density at radius 3 is 1.98 bits per heavy atom. The minimum absolute atomic E-state index is 0.0230. The first-order chi connectivity index (χ1) is 25.3. The number of hydroxylamine groups is 2. The Morgan fingerprint density at radius 2 is 1.32 bits per heavy atom. The standard InChI is InChI=1S/C31H50N2O20/c34-11-14-10-15(37)22(42)29(48-14)52-28-26(46)27(51-30-25(45)24(44)23(43)16(12-35)49-30)17(13-36)50-31(28)47-9-3-8-32-18(38)4-1-2-5-21(41)53-33-19(39)6-7-20(33)40/h14-17,22-31,34-37,42-46H,1-13H2,(H,32,38)/t14?,15?,16?,17?,22?,23-,24?,25?,26?,27-,28?,29-,30-,31+/m1/s1. The maximum Gasteiger partial charge on any atom is 0.333 e. The van der Waals surface area contributed by atoms with E-state index < -0.39 is 124 Å². The molecule has 22 nitrogen and oxygen atoms in total. The highest BCUT2D eigenvalue weighted by atomic mass is 16.8. The lowest BCUT2D eigenvalue weighted by atomic mass is 9.96. The number of rotatable bonds is 18. The Kier molecular flexibility index (Phi) is 16.6. The molecule has 0 saturated carbocycles. The zero-order valence-electron chi connectivity index (χ0n) is 28.7. The summed E-state index contributed by atoms with van der Waals surface area (Å²) in [5.74, 6) is -2.30. The summed E-state index contributed by atoms with van der Waals surface area (Å²) >= 11 is 0. The van der Waals surface area contributed by atoms with Crippen LogP contribution in [0, 0.1) is 0 Å². The van der Waals surface area contributed by atoms with E-state index in [2.05, 4.69) is 5.32 Å². The van der Waals surface area contributed by atoms with Crippen molar-refractivity contribution in [1.82, 2.24) is 10.4 Å². The maximum atomic E-state index is 12.3. The Morgan fingerprint density at radius 1 is 0.698 bits per heavy atom. The van der Waals surface area contributed by atoms with Crippen LogP contribution in [0.4, 0.5) is 0 Å². The van der Waals surface area contributed by atoms with Crippen LogP contribution in [0.1, 0.15) is 51.4 Å². The molecule has 53 heavy (non-hydrogen) atoms. The van der Waals surface area contributed by atoms with Crippen molar-refractivity contribution in [1.29, 1.82) is 0 Å². The number of carbonyl (C=O) groups excluding carboxylic acids is 4. The molecule has 4 rings (SSSR count). The van der Waals surface area contributed by atoms with Crippen LogP contribution in [0.25, 0.3) is 0 Å². The summed E-state index contributed by atoms with van der Waals surface area (Å²) in [5, 5.41) is 95.5. The normalized spacial score (nSPS) is 37.9. The zero-order chi connectivity index (χ0) is 38.8. The largest absolute Gasteiger partial charge is 0.394 e. The van der Waals surface area contributed by atoms with Gasteiger partial charge in [-0.05, 0) is 19.3 Å². The number of ether oxygens (including phenoxy) is 6. The minimum Gasteiger partial charge on any atom is -0.394 e. The Labute approximate surface area is 303 Å². The van der Waals surface area contributed by atoms with Gasteiger partial charge in [0.25, 0.3) is 11.8 Å². The van der Waals surface area contributed by atoms with E-state index in [0.29, 0.717) is 11.5 Å². The van der Waals surface area contributed by atoms with Crippen molar-refractivity contribution < 1.29 is 98.4 Å². The predicted molar refractivity (Wildman–Crippen MR) is 167 cm³/mol. The van der Waals surface area contributed by atoms with Crippen molar-refractivity contribution in [3.05, 3.63) is 0 Å². The molecule has 4 heterocycles. The molecule has 0 aromatic heterocycles. The number of hydrogen-bond donors (Lipinski definition) is 10. The van der Waals surface area contributed by atoms with Crippen LogP contribution < -0.4 is 5.32 Å². The highest BCUT2D eigenvalue weighted by Gasteiger charge is 2.53. The maximum absolute atomic E-state index is 12.3. The number of amides is 3. The molecule has 14 atom stereocenters. The summed E-state index contributed by atoms with van der Waals surface area (Å²) in [6.07, 6.45) is -21.5. The van der Waals surface area contributed by atoms with Crippen LogP contribution in [0.2, 0.25) is 0 Å². The van der Waals surface area contributed by atoms with Gasteiger partial charge in [0.05, 0.1) is 38.6 Å². The first-order valence-electron chi connectivity index (χ1n) is 17.4. The summed E-state index contributed by atoms with van der Waals surface area (Å²) in [6.45, 7) is -2.10. The number of unbranched alkanes of at least 4 members (excludes halogenated alkanes) is 1. The van der Waals surface area contributed by atoms with E-state index in [0.717, 1.165) is 0 Å². The first-order valence-corrected chi connectivity index (χ1v) is 17.4. The van der Waals surface area contributed by atoms with Gasteiger partial charge in [0.15, 0.2) is 18.9 Å². The van der Waals surface area contributed by atoms with E-state index in [4.69, 9.17) is 33.3 Å². The van der Waals surface area contributed by atoms with Crippen LogP contribution >= 0.6 is 0 Å². The fraction of sp³-hybridized carbons (Fsp3) is 0.871. The van der Waals surface area contributed by atoms with Crippen LogP contribution in [-0.2, 0) is 52.4 Å². The second kappa shape index (κ2) is 20.4. The van der Waals surface area contributed by atoms with E-state index >= 15 is 0 Å². The predicted octanol–water partition coefficient (Wildman–Crippen LogP) is -5.85. The van der Waals surface area contributed by atoms with E-state index in [1.165, 1.54) is 0 Å². The summed E-state index contributed by atoms with van der Waals surface area (Å²) in [6, 6.07) is 0. The molecule has 4 aliphatic rings. The number of carbonyl (C=O) groups is 4. The third kappa shape index (κ3) is 11.3. The molecule has 0 aromatic carbocycles. The minimum atomic E-state index is -1.87. The van der Waals surface area contributed by atoms with Gasteiger partial charge in [0.2, 0.25) is 5.91 Å². The van der Waals surface area contributed by atoms with Gasteiger partial charge in [-0.15, -0.1) is 5.06 Å². The molecule has 4 aliphatic heterocycles. The highest BCUT2D eigenvalue weighted by Crippen LogP contribution is 2.33. The molecule has 0 spiro atoms. The molecule has 0 radical (unpaired) electrons. The van der Waals surface area contributed by atoms with Crippen LogP contribution in [0.15, 0.2) is 0 Å². The Hall–Kier alpha value is -2.52. The van der Waals surface area contributed by atoms with Crippen molar-refractivity contribution in [2.45, 2.75) is 137 Å². The number of aliphatic hydroxyl groups excluding tert-OH is 9. The van der Waals surface area contributed by atoms with E-state index in [1.54, 1.807) is 0 Å². The van der Waals surface area contributed by atoms with Crippen molar-refractivity contribution in [2.75, 3.05) is 33.0 Å². The monoisotopic (exact) mass is 770 g/mol. The molecule has 0 aliphatic carbocycles. The third-order valence-electron chi connectivity index (χ3n) is 9.09. The lowest BCUT2D eigenvalue weighted by Gasteiger charge is -2.48. The van der Waals surface area contributed by atoms with Gasteiger partial charge < -0.3 is 84.5 Å². The number of nitrogens with zero attached hydrogens (tertiary/aromatic N) is 1. The second-order valence-electron chi connectivity index (χ2n) is 13.0. The lowest BCUT2D eigenvalue weighted by Crippen LogP contribution is -2.66. The average Bonchev–Trinajstić information content (AvgIpc) is 3.45. The van der Waals surface area contributed by atoms with Crippen LogP contribution in [0.5, 0.6) is 0 Å². The van der Waals surface area contributed by atoms with Gasteiger partial charge in [-0.25, -0.2) is 4.79 Å². The molecular formula is C31H50N2O20. The van der Waals surface area contributed by atoms with Gasteiger partial charge in [0.1, 0.15) is 54.9 Å². The number of imide groups is 1. The SMILES string of the molecule is O=C(CCCCC(=O)ON1C(=O)CCC1=O)NCCCO[C@H]1OC(CO)[C@@H](O[C@H]2OC(CO)[C@@H](O)C(O)C2O)C(O)C1O[C@H]1OC(CO)CC(O)C1O. The summed E-state index contributed by atoms with van der Waals surface area (Å²) < 4.78 is 34.1. The molecule has 4 saturated heterocycles. The van der Waals surface area contributed by atoms with Gasteiger partial charge in [0, 0.05) is 38.6 Å². The van der Waals surface area contributed by atoms with Crippen molar-refractivity contribution in [2.24, 2.45) is 0 Å². The molecule has 10 N–H and O–H groups in total. The van der Waals surface area contributed by atoms with Gasteiger partial charge in [-0.2, -0.15) is 0 Å². The number of nitrogens with one attached hydrogen (secondary N) is 1. The molecule has 9 unspecified atom stereocenters. The number of hydrogen-bond acceptors (Lipinski definition) is 20. The Balaban J connectivity index is 1.30. The zero-order valence-corrected chi connectivity index (χ0v) is 28.7. The highest BCUT2D eigenvalue weighted by molar-refractivity contribution is 6.01. The average molecular weight is 771 g/mol. The van der Waals surface area contributed by atoms with Gasteiger partial charge >= 0.3 is 5.97 Å². The van der Waals surface area contributed by atoms with Crippen molar-refractivity contribution >= 4 is 23.7 Å². The first kappa shape index (κ1) is 43.2. The van der Waals surface area contributed by atoms with Crippen molar-refractivity contribution in [3.8, 4) is 0 Å². The van der Waals surface area contributed by atoms with E-state index in [-0.39, 0.29) is 64.0 Å². The lowest BCUT2D eigenvalue weighted by molar-refractivity contribution is -0.383. The fourth-order valence-electron chi connectivity index (χ4n) is 6.07. The Bertz CT molecular complexity index is 1200.